The predicted molar refractivity (Wildman–Crippen MR) is 107 cm³/mol. The number of nitrogens with one attached hydrogen (secondary N) is 1. The first-order chi connectivity index (χ1) is 13.5. The Morgan fingerprint density at radius 2 is 1.68 bits per heavy atom. The first-order valence-electron chi connectivity index (χ1n) is 8.75. The summed E-state index contributed by atoms with van der Waals surface area (Å²) in [7, 11) is 2.95. The van der Waals surface area contributed by atoms with Crippen LogP contribution in [0.2, 0.25) is 0 Å². The van der Waals surface area contributed by atoms with Crippen molar-refractivity contribution in [2.24, 2.45) is 0 Å². The summed E-state index contributed by atoms with van der Waals surface area (Å²) in [5.41, 5.74) is 0.844. The second-order valence-electron chi connectivity index (χ2n) is 6.13. The summed E-state index contributed by atoms with van der Waals surface area (Å²) in [6.07, 6.45) is -0.998. The number of fused-ring (bicyclic) bond motifs is 1. The van der Waals surface area contributed by atoms with Gasteiger partial charge >= 0.3 is 5.97 Å². The molecule has 0 aliphatic rings. The molecule has 6 nitrogen and oxygen atoms in total. The van der Waals surface area contributed by atoms with Gasteiger partial charge in [0.05, 0.1) is 14.2 Å². The molecule has 0 fully saturated rings. The fourth-order valence-corrected chi connectivity index (χ4v) is 2.82. The topological polar surface area (TPSA) is 73.9 Å². The zero-order valence-corrected chi connectivity index (χ0v) is 15.9. The van der Waals surface area contributed by atoms with E-state index < -0.39 is 18.0 Å². The predicted octanol–water partition coefficient (Wildman–Crippen LogP) is 4.04. The molecule has 0 radical (unpaired) electrons. The van der Waals surface area contributed by atoms with Crippen LogP contribution in [0.3, 0.4) is 0 Å². The Balaban J connectivity index is 1.74. The van der Waals surface area contributed by atoms with Crippen LogP contribution < -0.4 is 14.8 Å². The van der Waals surface area contributed by atoms with E-state index in [4.69, 9.17) is 14.2 Å². The fourth-order valence-electron chi connectivity index (χ4n) is 2.82. The van der Waals surface area contributed by atoms with Crippen molar-refractivity contribution in [2.75, 3.05) is 19.5 Å². The van der Waals surface area contributed by atoms with Crippen LogP contribution >= 0.6 is 0 Å². The van der Waals surface area contributed by atoms with Gasteiger partial charge in [0.15, 0.2) is 6.10 Å². The molecule has 1 atom stereocenters. The monoisotopic (exact) mass is 379 g/mol. The third-order valence-electron chi connectivity index (χ3n) is 4.33. The average Bonchev–Trinajstić information content (AvgIpc) is 2.73. The third kappa shape index (κ3) is 4.06. The fraction of sp³-hybridized carbons (Fsp3) is 0.182. The number of rotatable bonds is 6. The van der Waals surface area contributed by atoms with Gasteiger partial charge in [0.2, 0.25) is 0 Å². The van der Waals surface area contributed by atoms with Gasteiger partial charge in [0.1, 0.15) is 17.1 Å². The molecule has 3 rings (SSSR count). The van der Waals surface area contributed by atoms with Gasteiger partial charge in [-0.15, -0.1) is 0 Å². The summed E-state index contributed by atoms with van der Waals surface area (Å²) >= 11 is 0. The van der Waals surface area contributed by atoms with Crippen LogP contribution in [0.25, 0.3) is 10.8 Å². The molecule has 1 N–H and O–H groups in total. The van der Waals surface area contributed by atoms with Crippen LogP contribution in [0, 0.1) is 0 Å². The Morgan fingerprint density at radius 3 is 2.43 bits per heavy atom. The molecule has 6 heteroatoms. The van der Waals surface area contributed by atoms with E-state index in [-0.39, 0.29) is 5.56 Å². The summed E-state index contributed by atoms with van der Waals surface area (Å²) in [5.74, 6) is -0.268. The zero-order valence-electron chi connectivity index (χ0n) is 15.9. The van der Waals surface area contributed by atoms with Crippen molar-refractivity contribution in [1.29, 1.82) is 0 Å². The molecule has 0 bridgehead atoms. The molecule has 28 heavy (non-hydrogen) atoms. The standard InChI is InChI=1S/C22H21NO5/c1-14(28-22(25)18-13-16(26-2)11-12-20(18)27-3)21(24)23-19-10-6-8-15-7-4-5-9-17(15)19/h4-14H,1-3H3,(H,23,24)/t14-/m1/s1. The minimum absolute atomic E-state index is 0.187. The van der Waals surface area contributed by atoms with Crippen molar-refractivity contribution >= 4 is 28.3 Å². The molecule has 0 saturated carbocycles. The lowest BCUT2D eigenvalue weighted by Crippen LogP contribution is -2.30. The molecule has 3 aromatic rings. The van der Waals surface area contributed by atoms with Gasteiger partial charge in [-0.25, -0.2) is 4.79 Å². The summed E-state index contributed by atoms with van der Waals surface area (Å²) in [4.78, 5) is 25.1. The van der Waals surface area contributed by atoms with Gasteiger partial charge in [-0.05, 0) is 36.6 Å². The highest BCUT2D eigenvalue weighted by Gasteiger charge is 2.22. The highest BCUT2D eigenvalue weighted by Crippen LogP contribution is 2.26. The van der Waals surface area contributed by atoms with E-state index in [2.05, 4.69) is 5.32 Å². The first-order valence-corrected chi connectivity index (χ1v) is 8.75. The van der Waals surface area contributed by atoms with Crippen LogP contribution in [-0.2, 0) is 9.53 Å². The van der Waals surface area contributed by atoms with Gasteiger partial charge < -0.3 is 19.5 Å². The summed E-state index contributed by atoms with van der Waals surface area (Å²) in [6.45, 7) is 1.52. The molecular formula is C22H21NO5. The number of esters is 1. The van der Waals surface area contributed by atoms with Gasteiger partial charge in [-0.1, -0.05) is 36.4 Å². The first kappa shape index (κ1) is 19.2. The number of benzene rings is 3. The molecule has 0 saturated heterocycles. The van der Waals surface area contributed by atoms with E-state index in [9.17, 15) is 9.59 Å². The Kier molecular flexibility index (Phi) is 5.79. The average molecular weight is 379 g/mol. The van der Waals surface area contributed by atoms with Crippen LogP contribution in [0.15, 0.2) is 60.7 Å². The molecule has 0 aromatic heterocycles. The van der Waals surface area contributed by atoms with Gasteiger partial charge in [0.25, 0.3) is 5.91 Å². The maximum Gasteiger partial charge on any atom is 0.342 e. The number of anilines is 1. The second-order valence-corrected chi connectivity index (χ2v) is 6.13. The number of methoxy groups -OCH3 is 2. The second kappa shape index (κ2) is 8.43. The molecule has 3 aromatic carbocycles. The Hall–Kier alpha value is -3.54. The Morgan fingerprint density at radius 1 is 0.929 bits per heavy atom. The maximum absolute atomic E-state index is 12.6. The summed E-state index contributed by atoms with van der Waals surface area (Å²) < 4.78 is 15.7. The van der Waals surface area contributed by atoms with E-state index in [0.717, 1.165) is 10.8 Å². The highest BCUT2D eigenvalue weighted by atomic mass is 16.5. The SMILES string of the molecule is COc1ccc(OC)c(C(=O)O[C@H](C)C(=O)Nc2cccc3ccccc23)c1. The van der Waals surface area contributed by atoms with Gasteiger partial charge in [-0.3, -0.25) is 4.79 Å². The Bertz CT molecular complexity index is 1010. The number of amides is 1. The summed E-state index contributed by atoms with van der Waals surface area (Å²) in [6, 6.07) is 18.1. The molecule has 0 aliphatic carbocycles. The highest BCUT2D eigenvalue weighted by molar-refractivity contribution is 6.04. The quantitative estimate of drug-likeness (QED) is 0.654. The minimum atomic E-state index is -0.998. The maximum atomic E-state index is 12.6. The molecular weight excluding hydrogens is 358 g/mol. The van der Waals surface area contributed by atoms with Crippen molar-refractivity contribution in [3.63, 3.8) is 0 Å². The Labute approximate surface area is 163 Å². The third-order valence-corrected chi connectivity index (χ3v) is 4.33. The van der Waals surface area contributed by atoms with E-state index in [1.54, 1.807) is 18.2 Å². The zero-order chi connectivity index (χ0) is 20.1. The number of ether oxygens (including phenoxy) is 3. The van der Waals surface area contributed by atoms with Gasteiger partial charge in [0, 0.05) is 11.1 Å². The minimum Gasteiger partial charge on any atom is -0.497 e. The van der Waals surface area contributed by atoms with Crippen LogP contribution in [-0.4, -0.2) is 32.2 Å². The van der Waals surface area contributed by atoms with Crippen molar-refractivity contribution in [3.05, 3.63) is 66.2 Å². The van der Waals surface area contributed by atoms with Crippen molar-refractivity contribution in [3.8, 4) is 11.5 Å². The van der Waals surface area contributed by atoms with Crippen LogP contribution in [0.4, 0.5) is 5.69 Å². The van der Waals surface area contributed by atoms with E-state index >= 15 is 0 Å². The molecule has 0 unspecified atom stereocenters. The van der Waals surface area contributed by atoms with E-state index in [1.165, 1.54) is 27.2 Å². The largest absolute Gasteiger partial charge is 0.497 e. The van der Waals surface area contributed by atoms with Gasteiger partial charge in [-0.2, -0.15) is 0 Å². The smallest absolute Gasteiger partial charge is 0.342 e. The van der Waals surface area contributed by atoms with Crippen molar-refractivity contribution < 1.29 is 23.8 Å². The number of hydrogen-bond donors (Lipinski definition) is 1. The summed E-state index contributed by atoms with van der Waals surface area (Å²) in [5, 5.41) is 4.73. The van der Waals surface area contributed by atoms with Crippen LogP contribution in [0.5, 0.6) is 11.5 Å². The molecule has 1 amide bonds. The molecule has 0 heterocycles. The number of carbonyl (C=O) groups is 2. The molecule has 144 valence electrons. The number of carbonyl (C=O) groups excluding carboxylic acids is 2. The lowest BCUT2D eigenvalue weighted by atomic mass is 10.1. The van der Waals surface area contributed by atoms with E-state index in [0.29, 0.717) is 17.2 Å². The van der Waals surface area contributed by atoms with Crippen molar-refractivity contribution in [2.45, 2.75) is 13.0 Å². The lowest BCUT2D eigenvalue weighted by Gasteiger charge is -2.16. The number of hydrogen-bond acceptors (Lipinski definition) is 5. The van der Waals surface area contributed by atoms with Crippen LogP contribution in [0.1, 0.15) is 17.3 Å². The van der Waals surface area contributed by atoms with Crippen molar-refractivity contribution in [1.82, 2.24) is 0 Å². The lowest BCUT2D eigenvalue weighted by molar-refractivity contribution is -0.123. The molecule has 0 spiro atoms. The van der Waals surface area contributed by atoms with E-state index in [1.807, 2.05) is 36.4 Å². The normalized spacial score (nSPS) is 11.5. The molecule has 0 aliphatic heterocycles.